The maximum absolute atomic E-state index is 14.8. The number of benzene rings is 1. The van der Waals surface area contributed by atoms with Gasteiger partial charge in [0.05, 0.1) is 35.7 Å². The predicted molar refractivity (Wildman–Crippen MR) is 210 cm³/mol. The number of carbonyl (C=O) groups is 4. The summed E-state index contributed by atoms with van der Waals surface area (Å²) in [6.45, 7) is 3.79. The Morgan fingerprint density at radius 2 is 1.85 bits per heavy atom. The third kappa shape index (κ3) is 8.82. The van der Waals surface area contributed by atoms with E-state index in [9.17, 15) is 36.9 Å². The van der Waals surface area contributed by atoms with Crippen LogP contribution in [0.5, 0.6) is 11.5 Å². The summed E-state index contributed by atoms with van der Waals surface area (Å²) in [6, 6.07) is 1.81. The number of amides is 4. The van der Waals surface area contributed by atoms with Gasteiger partial charge in [0.15, 0.2) is 0 Å². The molecule has 0 radical (unpaired) electrons. The van der Waals surface area contributed by atoms with Crippen LogP contribution in [0.2, 0.25) is 0 Å². The quantitative estimate of drug-likeness (QED) is 0.220. The van der Waals surface area contributed by atoms with Gasteiger partial charge >= 0.3 is 12.5 Å². The SMILES string of the molecule is Cc1nc2ccc(OC(F)(F)F)cc2c2c1O[C@]1(CC2)C[C@H]2C(=O)N[C@]3(C(=O)N[S@+]([O-])C4(C)CC4)C[C@H]3/C=C\CCCCC[C@H](NC(=O)OCC3CCCC3)C(=O)N2C1. The number of alkyl carbamates (subject to hydrolysis) is 1. The zero-order valence-electron chi connectivity index (χ0n) is 33.4. The molecule has 3 saturated carbocycles. The fourth-order valence-electron chi connectivity index (χ4n) is 9.30. The van der Waals surface area contributed by atoms with Crippen molar-refractivity contribution in [3.63, 3.8) is 0 Å². The predicted octanol–water partition coefficient (Wildman–Crippen LogP) is 6.12. The number of ether oxygens (including phenoxy) is 3. The molecule has 320 valence electrons. The Bertz CT molecular complexity index is 2020. The molecule has 6 atom stereocenters. The molecule has 1 aromatic carbocycles. The Hall–Kier alpha value is -4.25. The molecule has 3 N–H and O–H groups in total. The van der Waals surface area contributed by atoms with E-state index in [1.165, 1.54) is 23.1 Å². The monoisotopic (exact) mass is 843 g/mol. The van der Waals surface area contributed by atoms with Crippen LogP contribution in [0.25, 0.3) is 10.9 Å². The molecule has 59 heavy (non-hydrogen) atoms. The number of hydrogen-bond donors (Lipinski definition) is 3. The molecule has 1 aromatic heterocycles. The third-order valence-corrected chi connectivity index (χ3v) is 14.8. The minimum Gasteiger partial charge on any atom is -0.593 e. The molecule has 13 nitrogen and oxygen atoms in total. The lowest BCUT2D eigenvalue weighted by atomic mass is 9.87. The maximum atomic E-state index is 14.8. The van der Waals surface area contributed by atoms with E-state index in [0.717, 1.165) is 44.9 Å². The highest BCUT2D eigenvalue weighted by Gasteiger charge is 2.64. The number of nitrogens with one attached hydrogen (secondary N) is 3. The highest BCUT2D eigenvalue weighted by molar-refractivity contribution is 7.91. The molecule has 0 bridgehead atoms. The standard InChI is InChI=1S/C42H52F3N5O8S/c1-25-34-29(30-20-28(57-42(43,44)45)14-15-31(30)46-25)16-17-40(58-34)22-33-35(51)48-41(37(53)49-59(55)39(2)18-19-39)21-27(41)12-6-4-3-5-7-13-32(36(52)50(33)24-40)47-38(54)56-23-26-10-8-9-11-26/h6,12,14-15,20,26-27,32-33H,3-5,7-11,13,16-19,21-24H2,1-2H3,(H,47,54)(H,48,51)(H,49,53)/b12-6-/t27-,32+,33+,40-,41-,59-/m1/s1. The second-order valence-corrected chi connectivity index (χ2v) is 19.4. The van der Waals surface area contributed by atoms with Gasteiger partial charge in [-0.05, 0) is 89.3 Å². The number of alkyl halides is 3. The first-order valence-electron chi connectivity index (χ1n) is 20.9. The van der Waals surface area contributed by atoms with Gasteiger partial charge in [0.1, 0.15) is 39.5 Å². The normalized spacial score (nSPS) is 30.4. The van der Waals surface area contributed by atoms with Crippen LogP contribution in [-0.4, -0.2) is 85.7 Å². The molecule has 17 heteroatoms. The van der Waals surface area contributed by atoms with Crippen molar-refractivity contribution in [1.82, 2.24) is 25.2 Å². The molecule has 4 fully saturated rings. The van der Waals surface area contributed by atoms with Crippen LogP contribution < -0.4 is 24.8 Å². The zero-order chi connectivity index (χ0) is 41.7. The molecule has 8 rings (SSSR count). The number of fused-ring (bicyclic) bond motifs is 5. The van der Waals surface area contributed by atoms with Gasteiger partial charge in [-0.2, -0.15) is 4.72 Å². The Morgan fingerprint density at radius 1 is 1.08 bits per heavy atom. The Kier molecular flexibility index (Phi) is 11.2. The fraction of sp³-hybridized carbons (Fsp3) is 0.643. The largest absolute Gasteiger partial charge is 0.593 e. The molecule has 3 aliphatic carbocycles. The minimum atomic E-state index is -4.89. The Morgan fingerprint density at radius 3 is 2.59 bits per heavy atom. The highest BCUT2D eigenvalue weighted by atomic mass is 32.2. The molecular weight excluding hydrogens is 792 g/mol. The van der Waals surface area contributed by atoms with Gasteiger partial charge in [0.25, 0.3) is 5.91 Å². The summed E-state index contributed by atoms with van der Waals surface area (Å²) in [5.41, 5.74) is -0.913. The summed E-state index contributed by atoms with van der Waals surface area (Å²) >= 11 is -1.65. The van der Waals surface area contributed by atoms with Crippen molar-refractivity contribution in [2.24, 2.45) is 11.8 Å². The minimum absolute atomic E-state index is 0.0275. The highest BCUT2D eigenvalue weighted by Crippen LogP contribution is 2.49. The lowest BCUT2D eigenvalue weighted by molar-refractivity contribution is -0.274. The van der Waals surface area contributed by atoms with E-state index in [1.54, 1.807) is 6.92 Å². The van der Waals surface area contributed by atoms with Crippen LogP contribution in [0.15, 0.2) is 30.4 Å². The van der Waals surface area contributed by atoms with Crippen LogP contribution >= 0.6 is 0 Å². The van der Waals surface area contributed by atoms with Crippen LogP contribution in [0.4, 0.5) is 18.0 Å². The summed E-state index contributed by atoms with van der Waals surface area (Å²) in [6.07, 6.45) is 8.03. The van der Waals surface area contributed by atoms with Crippen LogP contribution in [0.1, 0.15) is 108 Å². The average molecular weight is 844 g/mol. The number of pyridine rings is 1. The topological polar surface area (TPSA) is 171 Å². The Labute approximate surface area is 344 Å². The van der Waals surface area contributed by atoms with Crippen molar-refractivity contribution in [2.45, 2.75) is 144 Å². The molecule has 4 amide bonds. The van der Waals surface area contributed by atoms with E-state index in [0.29, 0.717) is 72.9 Å². The summed E-state index contributed by atoms with van der Waals surface area (Å²) in [7, 11) is 0. The summed E-state index contributed by atoms with van der Waals surface area (Å²) in [5, 5.41) is 6.25. The number of aromatic nitrogens is 1. The maximum Gasteiger partial charge on any atom is 0.573 e. The summed E-state index contributed by atoms with van der Waals surface area (Å²) in [4.78, 5) is 62.7. The average Bonchev–Trinajstić information content (AvgIpc) is 3.96. The second-order valence-electron chi connectivity index (χ2n) is 17.6. The first-order valence-corrected chi connectivity index (χ1v) is 22.1. The first-order chi connectivity index (χ1) is 28.1. The smallest absolute Gasteiger partial charge is 0.573 e. The Balaban J connectivity index is 1.10. The molecule has 0 unspecified atom stereocenters. The van der Waals surface area contributed by atoms with Crippen molar-refractivity contribution < 1.29 is 51.1 Å². The molecule has 1 spiro atoms. The molecular formula is C42H52F3N5O8S. The summed E-state index contributed by atoms with van der Waals surface area (Å²) < 4.78 is 71.4. The van der Waals surface area contributed by atoms with Crippen molar-refractivity contribution >= 4 is 46.1 Å². The molecule has 1 saturated heterocycles. The van der Waals surface area contributed by atoms with Gasteiger partial charge < -0.3 is 34.3 Å². The summed E-state index contributed by atoms with van der Waals surface area (Å²) in [5.74, 6) is -1.74. The lowest BCUT2D eigenvalue weighted by Gasteiger charge is -2.36. The van der Waals surface area contributed by atoms with Crippen molar-refractivity contribution in [2.75, 3.05) is 13.2 Å². The number of allylic oxidation sites excluding steroid dienone is 1. The van der Waals surface area contributed by atoms with Gasteiger partial charge in [-0.1, -0.05) is 37.8 Å². The van der Waals surface area contributed by atoms with Crippen molar-refractivity contribution in [3.05, 3.63) is 41.6 Å². The van der Waals surface area contributed by atoms with Crippen molar-refractivity contribution in [1.29, 1.82) is 0 Å². The van der Waals surface area contributed by atoms with Crippen LogP contribution in [0.3, 0.4) is 0 Å². The number of rotatable bonds is 7. The van der Waals surface area contributed by atoms with E-state index in [-0.39, 0.29) is 31.4 Å². The van der Waals surface area contributed by atoms with Gasteiger partial charge in [-0.25, -0.2) is 9.78 Å². The number of hydrogen-bond acceptors (Lipinski definition) is 9. The first kappa shape index (κ1) is 41.5. The fourth-order valence-corrected chi connectivity index (χ4v) is 10.4. The van der Waals surface area contributed by atoms with Gasteiger partial charge in [-0.3, -0.25) is 14.4 Å². The number of halogens is 3. The van der Waals surface area contributed by atoms with E-state index < -0.39 is 75.3 Å². The lowest BCUT2D eigenvalue weighted by Crippen LogP contribution is -2.58. The number of aryl methyl sites for hydroxylation is 2. The van der Waals surface area contributed by atoms with Crippen LogP contribution in [-0.2, 0) is 36.9 Å². The molecule has 4 heterocycles. The van der Waals surface area contributed by atoms with E-state index in [4.69, 9.17) is 9.47 Å². The third-order valence-electron chi connectivity index (χ3n) is 13.2. The van der Waals surface area contributed by atoms with E-state index >= 15 is 0 Å². The number of nitrogens with zero attached hydrogens (tertiary/aromatic N) is 2. The van der Waals surface area contributed by atoms with Crippen molar-refractivity contribution in [3.8, 4) is 11.5 Å². The second kappa shape index (κ2) is 16.0. The molecule has 3 aliphatic heterocycles. The van der Waals surface area contributed by atoms with E-state index in [1.807, 2.05) is 19.1 Å². The van der Waals surface area contributed by atoms with Crippen LogP contribution in [0, 0.1) is 18.8 Å². The molecule has 6 aliphatic rings. The number of carbonyl (C=O) groups excluding carboxylic acids is 4. The van der Waals surface area contributed by atoms with Gasteiger partial charge in [-0.15, -0.1) is 13.2 Å². The van der Waals surface area contributed by atoms with E-state index in [2.05, 4.69) is 25.1 Å². The van der Waals surface area contributed by atoms with Gasteiger partial charge in [0, 0.05) is 36.1 Å². The van der Waals surface area contributed by atoms with Gasteiger partial charge in [0.2, 0.25) is 11.8 Å². The molecule has 2 aromatic rings. The zero-order valence-corrected chi connectivity index (χ0v) is 34.2.